The van der Waals surface area contributed by atoms with E-state index in [9.17, 15) is 19.2 Å². The quantitative estimate of drug-likeness (QED) is 0.264. The number of ether oxygens (including phenoxy) is 1. The lowest BCUT2D eigenvalue weighted by molar-refractivity contribution is -0.137. The van der Waals surface area contributed by atoms with E-state index < -0.39 is 5.97 Å². The molecule has 40 heavy (non-hydrogen) atoms. The van der Waals surface area contributed by atoms with Crippen LogP contribution in [-0.4, -0.2) is 91.2 Å². The molecule has 1 aliphatic rings. The van der Waals surface area contributed by atoms with Crippen molar-refractivity contribution in [1.29, 1.82) is 0 Å². The van der Waals surface area contributed by atoms with Gasteiger partial charge in [0.2, 0.25) is 11.8 Å². The summed E-state index contributed by atoms with van der Waals surface area (Å²) in [7, 11) is 0. The number of carbonyl (C=O) groups excluding carboxylic acids is 3. The van der Waals surface area contributed by atoms with Gasteiger partial charge in [-0.3, -0.25) is 19.3 Å². The van der Waals surface area contributed by atoms with Gasteiger partial charge in [0, 0.05) is 50.5 Å². The maximum Gasteiger partial charge on any atom is 0.323 e. The Hall–Kier alpha value is -3.96. The number of aliphatic carboxylic acids is 1. The summed E-state index contributed by atoms with van der Waals surface area (Å²) in [4.78, 5) is 52.6. The SMILES string of the molecule is Cc1ccccc1NC(=O)Nc1ccc(CC(=O)N(CCN2CCOCC2)CC(=O)NCCCCC(=O)O)cc1. The number of amides is 4. The number of carboxylic acids is 1. The first-order valence-electron chi connectivity index (χ1n) is 13.6. The Balaban J connectivity index is 1.53. The molecule has 1 saturated heterocycles. The molecule has 2 aromatic carbocycles. The smallest absolute Gasteiger partial charge is 0.323 e. The number of hydrogen-bond acceptors (Lipinski definition) is 6. The van der Waals surface area contributed by atoms with Crippen molar-refractivity contribution >= 4 is 35.2 Å². The molecule has 1 aliphatic heterocycles. The van der Waals surface area contributed by atoms with Gasteiger partial charge < -0.3 is 30.7 Å². The van der Waals surface area contributed by atoms with Crippen LogP contribution >= 0.6 is 0 Å². The van der Waals surface area contributed by atoms with Gasteiger partial charge in [0.25, 0.3) is 0 Å². The molecule has 0 unspecified atom stereocenters. The second kappa shape index (κ2) is 16.2. The Morgan fingerprint density at radius 3 is 2.40 bits per heavy atom. The Bertz CT molecular complexity index is 1130. The molecule has 0 spiro atoms. The highest BCUT2D eigenvalue weighted by Crippen LogP contribution is 2.15. The third-order valence-electron chi connectivity index (χ3n) is 6.58. The monoisotopic (exact) mass is 553 g/mol. The van der Waals surface area contributed by atoms with Crippen LogP contribution in [0.3, 0.4) is 0 Å². The third-order valence-corrected chi connectivity index (χ3v) is 6.58. The van der Waals surface area contributed by atoms with Gasteiger partial charge in [-0.2, -0.15) is 0 Å². The summed E-state index contributed by atoms with van der Waals surface area (Å²) >= 11 is 0. The number of anilines is 2. The van der Waals surface area contributed by atoms with Crippen LogP contribution in [0.4, 0.5) is 16.2 Å². The van der Waals surface area contributed by atoms with Crippen molar-refractivity contribution < 1.29 is 29.0 Å². The van der Waals surface area contributed by atoms with Crippen molar-refractivity contribution in [3.05, 3.63) is 59.7 Å². The topological polar surface area (TPSA) is 140 Å². The number of urea groups is 1. The van der Waals surface area contributed by atoms with Crippen LogP contribution in [0.1, 0.15) is 30.4 Å². The van der Waals surface area contributed by atoms with Crippen molar-refractivity contribution in [3.8, 4) is 0 Å². The third kappa shape index (κ3) is 11.0. The van der Waals surface area contributed by atoms with Gasteiger partial charge in [0.1, 0.15) is 0 Å². The number of nitrogens with one attached hydrogen (secondary N) is 3. The molecular formula is C29H39N5O6. The number of benzene rings is 2. The molecule has 11 heteroatoms. The highest BCUT2D eigenvalue weighted by molar-refractivity contribution is 6.00. The molecule has 0 aliphatic carbocycles. The lowest BCUT2D eigenvalue weighted by Crippen LogP contribution is -2.46. The largest absolute Gasteiger partial charge is 0.481 e. The van der Waals surface area contributed by atoms with Gasteiger partial charge in [0.05, 0.1) is 26.2 Å². The summed E-state index contributed by atoms with van der Waals surface area (Å²) in [6.07, 6.45) is 1.22. The van der Waals surface area contributed by atoms with Crippen molar-refractivity contribution in [1.82, 2.24) is 15.1 Å². The average molecular weight is 554 g/mol. The van der Waals surface area contributed by atoms with E-state index in [1.165, 1.54) is 0 Å². The first kappa shape index (κ1) is 30.6. The van der Waals surface area contributed by atoms with E-state index in [-0.39, 0.29) is 37.2 Å². The van der Waals surface area contributed by atoms with Gasteiger partial charge in [-0.15, -0.1) is 0 Å². The van der Waals surface area contributed by atoms with Gasteiger partial charge in [-0.1, -0.05) is 30.3 Å². The first-order chi connectivity index (χ1) is 19.3. The summed E-state index contributed by atoms with van der Waals surface area (Å²) in [6, 6.07) is 14.2. The van der Waals surface area contributed by atoms with Crippen molar-refractivity contribution in [2.45, 2.75) is 32.6 Å². The zero-order valence-corrected chi connectivity index (χ0v) is 23.0. The molecule has 2 aromatic rings. The zero-order valence-electron chi connectivity index (χ0n) is 23.0. The second-order valence-corrected chi connectivity index (χ2v) is 9.74. The molecular weight excluding hydrogens is 514 g/mol. The molecule has 11 nitrogen and oxygen atoms in total. The van der Waals surface area contributed by atoms with E-state index in [4.69, 9.17) is 9.84 Å². The number of morpholine rings is 1. The fraction of sp³-hybridized carbons (Fsp3) is 0.448. The van der Waals surface area contributed by atoms with Crippen LogP contribution in [0.5, 0.6) is 0 Å². The highest BCUT2D eigenvalue weighted by atomic mass is 16.5. The summed E-state index contributed by atoms with van der Waals surface area (Å²) in [5.74, 6) is -1.31. The number of nitrogens with zero attached hydrogens (tertiary/aromatic N) is 2. The number of carbonyl (C=O) groups is 4. The van der Waals surface area contributed by atoms with E-state index >= 15 is 0 Å². The number of unbranched alkanes of at least 4 members (excludes halogenated alkanes) is 1. The number of rotatable bonds is 14. The molecule has 0 aromatic heterocycles. The Labute approximate surface area is 234 Å². The molecule has 4 amide bonds. The molecule has 1 fully saturated rings. The average Bonchev–Trinajstić information content (AvgIpc) is 2.93. The lowest BCUT2D eigenvalue weighted by Gasteiger charge is -2.30. The minimum Gasteiger partial charge on any atom is -0.481 e. The summed E-state index contributed by atoms with van der Waals surface area (Å²) in [6.45, 7) is 6.11. The van der Waals surface area contributed by atoms with Crippen LogP contribution in [0.2, 0.25) is 0 Å². The number of aryl methyl sites for hydroxylation is 1. The Kier molecular flexibility index (Phi) is 12.4. The van der Waals surface area contributed by atoms with Gasteiger partial charge in [-0.05, 0) is 49.1 Å². The molecule has 0 atom stereocenters. The minimum absolute atomic E-state index is 0.0612. The number of carboxylic acid groups (broad SMARTS) is 1. The van der Waals surface area contributed by atoms with Crippen molar-refractivity contribution in [3.63, 3.8) is 0 Å². The van der Waals surface area contributed by atoms with Crippen LogP contribution in [-0.2, 0) is 25.5 Å². The number of hydrogen-bond donors (Lipinski definition) is 4. The predicted octanol–water partition coefficient (Wildman–Crippen LogP) is 2.71. The van der Waals surface area contributed by atoms with Gasteiger partial charge >= 0.3 is 12.0 Å². The lowest BCUT2D eigenvalue weighted by atomic mass is 10.1. The van der Waals surface area contributed by atoms with E-state index in [1.807, 2.05) is 31.2 Å². The Morgan fingerprint density at radius 1 is 0.975 bits per heavy atom. The fourth-order valence-corrected chi connectivity index (χ4v) is 4.23. The second-order valence-electron chi connectivity index (χ2n) is 9.74. The van der Waals surface area contributed by atoms with Crippen LogP contribution in [0.15, 0.2) is 48.5 Å². The standard InChI is InChI=1S/C29H39N5O6/c1-22-6-2-3-7-25(22)32-29(39)31-24-11-9-23(10-12-24)20-27(36)34(15-14-33-16-18-40-19-17-33)21-26(35)30-13-5-4-8-28(37)38/h2-3,6-7,9-12H,4-5,8,13-21H2,1H3,(H,30,35)(H,37,38)(H2,31,32,39). The molecule has 3 rings (SSSR count). The molecule has 0 saturated carbocycles. The molecule has 4 N–H and O–H groups in total. The number of para-hydroxylation sites is 1. The van der Waals surface area contributed by atoms with E-state index in [1.54, 1.807) is 29.2 Å². The van der Waals surface area contributed by atoms with Gasteiger partial charge in [0.15, 0.2) is 0 Å². The Morgan fingerprint density at radius 2 is 1.70 bits per heavy atom. The highest BCUT2D eigenvalue weighted by Gasteiger charge is 2.20. The summed E-state index contributed by atoms with van der Waals surface area (Å²) < 4.78 is 5.39. The van der Waals surface area contributed by atoms with E-state index in [2.05, 4.69) is 20.9 Å². The molecule has 0 radical (unpaired) electrons. The van der Waals surface area contributed by atoms with Gasteiger partial charge in [-0.25, -0.2) is 4.79 Å². The maximum atomic E-state index is 13.2. The maximum absolute atomic E-state index is 13.2. The van der Waals surface area contributed by atoms with E-state index in [0.717, 1.165) is 29.9 Å². The van der Waals surface area contributed by atoms with Crippen molar-refractivity contribution in [2.75, 3.05) is 63.1 Å². The van der Waals surface area contributed by atoms with Crippen LogP contribution < -0.4 is 16.0 Å². The molecule has 0 bridgehead atoms. The van der Waals surface area contributed by atoms with Crippen LogP contribution in [0, 0.1) is 6.92 Å². The summed E-state index contributed by atoms with van der Waals surface area (Å²) in [5.41, 5.74) is 3.04. The zero-order chi connectivity index (χ0) is 28.7. The first-order valence-corrected chi connectivity index (χ1v) is 13.6. The van der Waals surface area contributed by atoms with E-state index in [0.29, 0.717) is 51.4 Å². The predicted molar refractivity (Wildman–Crippen MR) is 152 cm³/mol. The summed E-state index contributed by atoms with van der Waals surface area (Å²) in [5, 5.41) is 17.1. The minimum atomic E-state index is -0.861. The van der Waals surface area contributed by atoms with Crippen LogP contribution in [0.25, 0.3) is 0 Å². The van der Waals surface area contributed by atoms with Crippen molar-refractivity contribution in [2.24, 2.45) is 0 Å². The normalized spacial score (nSPS) is 13.3. The fourth-order valence-electron chi connectivity index (χ4n) is 4.23. The molecule has 216 valence electrons. The molecule has 1 heterocycles.